The minimum absolute atomic E-state index is 0.100. The normalized spacial score (nSPS) is 17.9. The van der Waals surface area contributed by atoms with E-state index in [1.165, 1.54) is 22.5 Å². The Morgan fingerprint density at radius 2 is 1.94 bits per heavy atom. The zero-order chi connectivity index (χ0) is 23.3. The van der Waals surface area contributed by atoms with Gasteiger partial charge in [-0.05, 0) is 25.0 Å². The first-order chi connectivity index (χ1) is 16.5. The van der Waals surface area contributed by atoms with E-state index >= 15 is 0 Å². The van der Waals surface area contributed by atoms with Gasteiger partial charge in [0.25, 0.3) is 5.56 Å². The standard InChI is InChI=1S/C25H26N4O3S2/c1-25(2)12-16-17(13-32-25)21(29-8-10-31-11-9-29)27-23-18(16)19-20(34-23)22(30)28-24(26-19)33-14-15-6-4-3-5-7-15/h3-7H,8-14H2,1-2H3,(H,26,28,30). The molecule has 1 N–H and O–H groups in total. The molecule has 6 rings (SSSR count). The number of nitrogens with zero attached hydrogens (tertiary/aromatic N) is 3. The molecule has 1 aromatic carbocycles. The molecule has 0 saturated carbocycles. The Labute approximate surface area is 205 Å². The van der Waals surface area contributed by atoms with E-state index in [4.69, 9.17) is 19.4 Å². The first-order valence-corrected chi connectivity index (χ1v) is 13.3. The van der Waals surface area contributed by atoms with Gasteiger partial charge < -0.3 is 19.4 Å². The highest BCUT2D eigenvalue weighted by Gasteiger charge is 2.33. The summed E-state index contributed by atoms with van der Waals surface area (Å²) in [6.45, 7) is 7.73. The third-order valence-electron chi connectivity index (χ3n) is 6.39. The minimum atomic E-state index is -0.288. The van der Waals surface area contributed by atoms with Gasteiger partial charge >= 0.3 is 0 Å². The topological polar surface area (TPSA) is 80.3 Å². The van der Waals surface area contributed by atoms with Crippen molar-refractivity contribution in [1.82, 2.24) is 15.0 Å². The van der Waals surface area contributed by atoms with E-state index < -0.39 is 0 Å². The highest BCUT2D eigenvalue weighted by atomic mass is 32.2. The molecular weight excluding hydrogens is 468 g/mol. The Bertz CT molecular complexity index is 1430. The number of pyridine rings is 1. The number of hydrogen-bond acceptors (Lipinski definition) is 8. The molecule has 0 amide bonds. The van der Waals surface area contributed by atoms with Gasteiger partial charge in [-0.25, -0.2) is 9.97 Å². The monoisotopic (exact) mass is 494 g/mol. The Balaban J connectivity index is 1.51. The van der Waals surface area contributed by atoms with E-state index in [2.05, 4.69) is 35.9 Å². The summed E-state index contributed by atoms with van der Waals surface area (Å²) in [5.74, 6) is 1.71. The number of anilines is 1. The average Bonchev–Trinajstić information content (AvgIpc) is 3.22. The van der Waals surface area contributed by atoms with Gasteiger partial charge in [-0.15, -0.1) is 11.3 Å². The molecule has 3 aromatic heterocycles. The van der Waals surface area contributed by atoms with Gasteiger partial charge in [-0.2, -0.15) is 0 Å². The summed E-state index contributed by atoms with van der Waals surface area (Å²) in [4.78, 5) is 29.2. The molecule has 9 heteroatoms. The summed E-state index contributed by atoms with van der Waals surface area (Å²) in [6.07, 6.45) is 0.755. The van der Waals surface area contributed by atoms with Crippen LogP contribution in [0, 0.1) is 0 Å². The van der Waals surface area contributed by atoms with E-state index in [1.807, 2.05) is 18.2 Å². The smallest absolute Gasteiger partial charge is 0.269 e. The second-order valence-electron chi connectivity index (χ2n) is 9.32. The van der Waals surface area contributed by atoms with Crippen LogP contribution >= 0.6 is 23.1 Å². The van der Waals surface area contributed by atoms with E-state index in [0.717, 1.165) is 52.4 Å². The van der Waals surface area contributed by atoms with Crippen LogP contribution in [0.15, 0.2) is 40.3 Å². The number of H-pyrrole nitrogens is 1. The second-order valence-corrected chi connectivity index (χ2v) is 11.3. The Kier molecular flexibility index (Phi) is 5.60. The molecule has 176 valence electrons. The lowest BCUT2D eigenvalue weighted by Crippen LogP contribution is -2.39. The number of thioether (sulfide) groups is 1. The van der Waals surface area contributed by atoms with Gasteiger partial charge in [-0.3, -0.25) is 4.79 Å². The summed E-state index contributed by atoms with van der Waals surface area (Å²) in [5, 5.41) is 1.65. The Morgan fingerprint density at radius 3 is 2.74 bits per heavy atom. The SMILES string of the molecule is CC1(C)Cc2c(c(N3CCOCC3)nc3sc4c(=O)[nH]c(SCc5ccccc5)nc4c23)CO1. The zero-order valence-corrected chi connectivity index (χ0v) is 20.9. The van der Waals surface area contributed by atoms with Crippen molar-refractivity contribution < 1.29 is 9.47 Å². The number of fused-ring (bicyclic) bond motifs is 5. The fourth-order valence-electron chi connectivity index (χ4n) is 4.68. The quantitative estimate of drug-likeness (QED) is 0.330. The third-order valence-corrected chi connectivity index (χ3v) is 8.40. The van der Waals surface area contributed by atoms with Crippen LogP contribution in [0.25, 0.3) is 20.4 Å². The van der Waals surface area contributed by atoms with Crippen molar-refractivity contribution in [3.63, 3.8) is 0 Å². The fourth-order valence-corrected chi connectivity index (χ4v) is 6.53. The highest BCUT2D eigenvalue weighted by molar-refractivity contribution is 7.98. The summed E-state index contributed by atoms with van der Waals surface area (Å²) in [7, 11) is 0. The summed E-state index contributed by atoms with van der Waals surface area (Å²) in [6, 6.07) is 10.2. The van der Waals surface area contributed by atoms with E-state index in [9.17, 15) is 4.79 Å². The van der Waals surface area contributed by atoms with Crippen LogP contribution in [-0.2, 0) is 28.3 Å². The lowest BCUT2D eigenvalue weighted by Gasteiger charge is -2.36. The number of thiophene rings is 1. The third kappa shape index (κ3) is 4.00. The average molecular weight is 495 g/mol. The summed E-state index contributed by atoms with van der Waals surface area (Å²) >= 11 is 2.99. The molecular formula is C25H26N4O3S2. The molecule has 2 aliphatic heterocycles. The van der Waals surface area contributed by atoms with Gasteiger partial charge in [0.15, 0.2) is 5.16 Å². The maximum absolute atomic E-state index is 13.1. The number of aromatic nitrogens is 3. The summed E-state index contributed by atoms with van der Waals surface area (Å²) < 4.78 is 12.4. The Morgan fingerprint density at radius 1 is 1.15 bits per heavy atom. The molecule has 4 aromatic rings. The molecule has 0 radical (unpaired) electrons. The van der Waals surface area contributed by atoms with Crippen molar-refractivity contribution in [2.24, 2.45) is 0 Å². The molecule has 0 bridgehead atoms. The number of nitrogens with one attached hydrogen (secondary N) is 1. The van der Waals surface area contributed by atoms with Crippen molar-refractivity contribution in [1.29, 1.82) is 0 Å². The zero-order valence-electron chi connectivity index (χ0n) is 19.2. The van der Waals surface area contributed by atoms with Gasteiger partial charge in [-0.1, -0.05) is 42.1 Å². The number of morpholine rings is 1. The summed E-state index contributed by atoms with van der Waals surface area (Å²) in [5.41, 5.74) is 3.90. The van der Waals surface area contributed by atoms with Crippen molar-refractivity contribution >= 4 is 49.3 Å². The fraction of sp³-hybridized carbons (Fsp3) is 0.400. The van der Waals surface area contributed by atoms with Crippen LogP contribution in [0.2, 0.25) is 0 Å². The lowest BCUT2D eigenvalue weighted by molar-refractivity contribution is -0.0396. The predicted molar refractivity (Wildman–Crippen MR) is 137 cm³/mol. The van der Waals surface area contributed by atoms with Crippen LogP contribution in [0.1, 0.15) is 30.5 Å². The van der Waals surface area contributed by atoms with E-state index in [-0.39, 0.29) is 11.2 Å². The second kappa shape index (κ2) is 8.64. The van der Waals surface area contributed by atoms with Crippen LogP contribution < -0.4 is 10.5 Å². The maximum Gasteiger partial charge on any atom is 0.269 e. The molecule has 1 fully saturated rings. The number of rotatable bonds is 4. The van der Waals surface area contributed by atoms with Crippen LogP contribution in [-0.4, -0.2) is 46.9 Å². The molecule has 0 spiro atoms. The predicted octanol–water partition coefficient (Wildman–Crippen LogP) is 4.51. The minimum Gasteiger partial charge on any atom is -0.378 e. The van der Waals surface area contributed by atoms with E-state index in [0.29, 0.717) is 29.7 Å². The van der Waals surface area contributed by atoms with Gasteiger partial charge in [0.05, 0.1) is 30.9 Å². The van der Waals surface area contributed by atoms with Crippen molar-refractivity contribution in [3.05, 3.63) is 57.4 Å². The van der Waals surface area contributed by atoms with Crippen molar-refractivity contribution in [2.45, 2.75) is 43.4 Å². The maximum atomic E-state index is 13.1. The van der Waals surface area contributed by atoms with Crippen LogP contribution in [0.4, 0.5) is 5.82 Å². The molecule has 7 nitrogen and oxygen atoms in total. The highest BCUT2D eigenvalue weighted by Crippen LogP contribution is 2.42. The van der Waals surface area contributed by atoms with Crippen LogP contribution in [0.5, 0.6) is 0 Å². The molecule has 34 heavy (non-hydrogen) atoms. The van der Waals surface area contributed by atoms with Gasteiger partial charge in [0.2, 0.25) is 0 Å². The van der Waals surface area contributed by atoms with Gasteiger partial charge in [0.1, 0.15) is 15.3 Å². The molecule has 0 aliphatic carbocycles. The van der Waals surface area contributed by atoms with E-state index in [1.54, 1.807) is 11.8 Å². The van der Waals surface area contributed by atoms with Crippen molar-refractivity contribution in [3.8, 4) is 0 Å². The van der Waals surface area contributed by atoms with Crippen molar-refractivity contribution in [2.75, 3.05) is 31.2 Å². The van der Waals surface area contributed by atoms with Gasteiger partial charge in [0, 0.05) is 36.2 Å². The lowest BCUT2D eigenvalue weighted by atomic mass is 9.90. The number of ether oxygens (including phenoxy) is 2. The number of hydrogen-bond donors (Lipinski definition) is 1. The molecule has 5 heterocycles. The first kappa shape index (κ1) is 22.0. The number of aromatic amines is 1. The molecule has 2 aliphatic rings. The molecule has 0 atom stereocenters. The molecule has 1 saturated heterocycles. The first-order valence-electron chi connectivity index (χ1n) is 11.5. The molecule has 0 unspecified atom stereocenters. The Hall–Kier alpha value is -2.46. The van der Waals surface area contributed by atoms with Crippen LogP contribution in [0.3, 0.4) is 0 Å². The number of benzene rings is 1. The largest absolute Gasteiger partial charge is 0.378 e.